The molecule has 0 aromatic heterocycles. The van der Waals surface area contributed by atoms with Gasteiger partial charge in [0.1, 0.15) is 0 Å². The Hall–Kier alpha value is -1.46. The minimum Gasteiger partial charge on any atom is -0.504 e. The third-order valence-corrected chi connectivity index (χ3v) is 4.00. The summed E-state index contributed by atoms with van der Waals surface area (Å²) in [6.45, 7) is 8.69. The van der Waals surface area contributed by atoms with Crippen LogP contribution in [0.1, 0.15) is 18.9 Å². The molecule has 2 heterocycles. The highest BCUT2D eigenvalue weighted by Crippen LogP contribution is 2.42. The SMILES string of the molecule is CCCN1CCN(Cc2ccc3c(c2O)OCO3)CC1. The van der Waals surface area contributed by atoms with Crippen molar-refractivity contribution in [1.82, 2.24) is 9.80 Å². The van der Waals surface area contributed by atoms with Gasteiger partial charge < -0.3 is 19.5 Å². The summed E-state index contributed by atoms with van der Waals surface area (Å²) < 4.78 is 10.6. The van der Waals surface area contributed by atoms with E-state index in [-0.39, 0.29) is 12.5 Å². The summed E-state index contributed by atoms with van der Waals surface area (Å²) in [7, 11) is 0. The lowest BCUT2D eigenvalue weighted by atomic mass is 10.1. The van der Waals surface area contributed by atoms with Gasteiger partial charge in [0.05, 0.1) is 0 Å². The molecule has 1 N–H and O–H groups in total. The molecular formula is C15H22N2O3. The Morgan fingerprint density at radius 1 is 1.10 bits per heavy atom. The minimum atomic E-state index is 0.196. The number of rotatable bonds is 4. The van der Waals surface area contributed by atoms with Crippen LogP contribution in [0.15, 0.2) is 12.1 Å². The monoisotopic (exact) mass is 278 g/mol. The normalized spacial score (nSPS) is 19.4. The van der Waals surface area contributed by atoms with Crippen LogP contribution in [0, 0.1) is 0 Å². The van der Waals surface area contributed by atoms with Crippen LogP contribution in [-0.2, 0) is 6.54 Å². The zero-order chi connectivity index (χ0) is 13.9. The fourth-order valence-electron chi connectivity index (χ4n) is 2.85. The number of phenols is 1. The van der Waals surface area contributed by atoms with Gasteiger partial charge in [-0.05, 0) is 19.0 Å². The van der Waals surface area contributed by atoms with Crippen LogP contribution >= 0.6 is 0 Å². The van der Waals surface area contributed by atoms with Gasteiger partial charge in [-0.25, -0.2) is 0 Å². The summed E-state index contributed by atoms with van der Waals surface area (Å²) in [6.07, 6.45) is 1.21. The summed E-state index contributed by atoms with van der Waals surface area (Å²) in [6, 6.07) is 3.81. The topological polar surface area (TPSA) is 45.2 Å². The van der Waals surface area contributed by atoms with E-state index in [0.717, 1.165) is 38.3 Å². The molecule has 0 saturated carbocycles. The highest BCUT2D eigenvalue weighted by molar-refractivity contribution is 5.55. The lowest BCUT2D eigenvalue weighted by Crippen LogP contribution is -2.45. The average molecular weight is 278 g/mol. The molecule has 0 amide bonds. The first-order valence-corrected chi connectivity index (χ1v) is 7.33. The predicted molar refractivity (Wildman–Crippen MR) is 76.2 cm³/mol. The summed E-state index contributed by atoms with van der Waals surface area (Å²) in [5, 5.41) is 10.2. The molecule has 0 aliphatic carbocycles. The van der Waals surface area contributed by atoms with Crippen molar-refractivity contribution >= 4 is 0 Å². The van der Waals surface area contributed by atoms with E-state index in [2.05, 4.69) is 16.7 Å². The molecule has 20 heavy (non-hydrogen) atoms. The summed E-state index contributed by atoms with van der Waals surface area (Å²) in [5.74, 6) is 1.36. The van der Waals surface area contributed by atoms with Crippen LogP contribution < -0.4 is 9.47 Å². The first-order valence-electron chi connectivity index (χ1n) is 7.33. The quantitative estimate of drug-likeness (QED) is 0.907. The molecule has 1 fully saturated rings. The Labute approximate surface area is 119 Å². The molecule has 0 radical (unpaired) electrons. The van der Waals surface area contributed by atoms with Crippen LogP contribution in [0.3, 0.4) is 0 Å². The van der Waals surface area contributed by atoms with Crippen molar-refractivity contribution in [3.63, 3.8) is 0 Å². The minimum absolute atomic E-state index is 0.196. The third kappa shape index (κ3) is 2.69. The van der Waals surface area contributed by atoms with E-state index in [1.165, 1.54) is 13.0 Å². The Balaban J connectivity index is 1.62. The van der Waals surface area contributed by atoms with Crippen molar-refractivity contribution in [2.45, 2.75) is 19.9 Å². The Kier molecular flexibility index (Phi) is 3.98. The zero-order valence-corrected chi connectivity index (χ0v) is 12.0. The van der Waals surface area contributed by atoms with Gasteiger partial charge in [-0.3, -0.25) is 4.90 Å². The lowest BCUT2D eigenvalue weighted by Gasteiger charge is -2.34. The Bertz CT molecular complexity index is 470. The Morgan fingerprint density at radius 3 is 2.60 bits per heavy atom. The van der Waals surface area contributed by atoms with E-state index in [4.69, 9.17) is 9.47 Å². The average Bonchev–Trinajstić information content (AvgIpc) is 2.94. The molecule has 1 aromatic carbocycles. The van der Waals surface area contributed by atoms with Gasteiger partial charge in [0, 0.05) is 38.3 Å². The molecule has 2 aliphatic rings. The summed E-state index contributed by atoms with van der Waals surface area (Å²) in [4.78, 5) is 4.87. The van der Waals surface area contributed by atoms with Crippen LogP contribution in [-0.4, -0.2) is 54.4 Å². The van der Waals surface area contributed by atoms with Gasteiger partial charge in [0.2, 0.25) is 12.5 Å². The van der Waals surface area contributed by atoms with Crippen LogP contribution in [0.25, 0.3) is 0 Å². The summed E-state index contributed by atoms with van der Waals surface area (Å²) in [5.41, 5.74) is 0.915. The maximum absolute atomic E-state index is 10.2. The maximum atomic E-state index is 10.2. The number of benzene rings is 1. The fourth-order valence-corrected chi connectivity index (χ4v) is 2.85. The van der Waals surface area contributed by atoms with Crippen molar-refractivity contribution in [1.29, 1.82) is 0 Å². The number of nitrogens with zero attached hydrogens (tertiary/aromatic N) is 2. The van der Waals surface area contributed by atoms with Gasteiger partial charge in [-0.15, -0.1) is 0 Å². The smallest absolute Gasteiger partial charge is 0.231 e. The second-order valence-electron chi connectivity index (χ2n) is 5.42. The number of piperazine rings is 1. The van der Waals surface area contributed by atoms with Crippen molar-refractivity contribution in [2.24, 2.45) is 0 Å². The second kappa shape index (κ2) is 5.89. The van der Waals surface area contributed by atoms with Crippen LogP contribution in [0.5, 0.6) is 17.2 Å². The molecule has 5 heteroatoms. The largest absolute Gasteiger partial charge is 0.504 e. The van der Waals surface area contributed by atoms with Crippen molar-refractivity contribution in [3.8, 4) is 17.2 Å². The zero-order valence-electron chi connectivity index (χ0n) is 12.0. The number of aromatic hydroxyl groups is 1. The van der Waals surface area contributed by atoms with E-state index in [1.54, 1.807) is 0 Å². The molecule has 3 rings (SSSR count). The van der Waals surface area contributed by atoms with Gasteiger partial charge in [0.15, 0.2) is 11.5 Å². The van der Waals surface area contributed by atoms with E-state index in [1.807, 2.05) is 12.1 Å². The van der Waals surface area contributed by atoms with E-state index < -0.39 is 0 Å². The van der Waals surface area contributed by atoms with Gasteiger partial charge in [-0.1, -0.05) is 13.0 Å². The fraction of sp³-hybridized carbons (Fsp3) is 0.600. The molecule has 0 unspecified atom stereocenters. The van der Waals surface area contributed by atoms with Gasteiger partial charge in [-0.2, -0.15) is 0 Å². The molecule has 2 aliphatic heterocycles. The van der Waals surface area contributed by atoms with Gasteiger partial charge >= 0.3 is 0 Å². The third-order valence-electron chi connectivity index (χ3n) is 4.00. The van der Waals surface area contributed by atoms with Crippen molar-refractivity contribution in [3.05, 3.63) is 17.7 Å². The van der Waals surface area contributed by atoms with E-state index in [0.29, 0.717) is 11.5 Å². The molecule has 0 spiro atoms. The van der Waals surface area contributed by atoms with E-state index in [9.17, 15) is 5.11 Å². The Morgan fingerprint density at radius 2 is 1.85 bits per heavy atom. The van der Waals surface area contributed by atoms with Crippen LogP contribution in [0.4, 0.5) is 0 Å². The standard InChI is InChI=1S/C15H22N2O3/c1-2-5-16-6-8-17(9-7-16)10-12-3-4-13-15(14(12)18)20-11-19-13/h3-4,18H,2,5-11H2,1H3. The van der Waals surface area contributed by atoms with Crippen LogP contribution in [0.2, 0.25) is 0 Å². The molecule has 110 valence electrons. The van der Waals surface area contributed by atoms with Gasteiger partial charge in [0.25, 0.3) is 0 Å². The maximum Gasteiger partial charge on any atom is 0.231 e. The number of hydrogen-bond donors (Lipinski definition) is 1. The second-order valence-corrected chi connectivity index (χ2v) is 5.42. The van der Waals surface area contributed by atoms with E-state index >= 15 is 0 Å². The van der Waals surface area contributed by atoms with Crippen molar-refractivity contribution in [2.75, 3.05) is 39.5 Å². The molecule has 1 aromatic rings. The predicted octanol–water partition coefficient (Wildman–Crippen LogP) is 1.65. The number of fused-ring (bicyclic) bond motifs is 1. The first-order chi connectivity index (χ1) is 9.78. The number of hydrogen-bond acceptors (Lipinski definition) is 5. The van der Waals surface area contributed by atoms with Crippen molar-refractivity contribution < 1.29 is 14.6 Å². The molecule has 0 bridgehead atoms. The number of ether oxygens (including phenoxy) is 2. The molecule has 1 saturated heterocycles. The lowest BCUT2D eigenvalue weighted by molar-refractivity contribution is 0.126. The summed E-state index contributed by atoms with van der Waals surface area (Å²) >= 11 is 0. The molecule has 0 atom stereocenters. The number of phenolic OH excluding ortho intramolecular Hbond substituents is 1. The molecular weight excluding hydrogens is 256 g/mol. The highest BCUT2D eigenvalue weighted by Gasteiger charge is 2.23. The highest BCUT2D eigenvalue weighted by atomic mass is 16.7. The molecule has 5 nitrogen and oxygen atoms in total. The first kappa shape index (κ1) is 13.5.